The Morgan fingerprint density at radius 3 is 2.33 bits per heavy atom. The van der Waals surface area contributed by atoms with Crippen LogP contribution in [0.5, 0.6) is 0 Å². The van der Waals surface area contributed by atoms with Crippen LogP contribution >= 0.6 is 0 Å². The number of carbonyl (C=O) groups is 3. The van der Waals surface area contributed by atoms with Gasteiger partial charge in [-0.05, 0) is 6.42 Å². The van der Waals surface area contributed by atoms with Gasteiger partial charge in [-0.25, -0.2) is 4.79 Å². The van der Waals surface area contributed by atoms with Gasteiger partial charge in [0.25, 0.3) is 5.91 Å². The molecule has 0 unspecified atom stereocenters. The topological polar surface area (TPSA) is 66.5 Å². The Hall–Kier alpha value is -1.39. The van der Waals surface area contributed by atoms with Crippen LogP contribution in [0.25, 0.3) is 0 Å². The van der Waals surface area contributed by atoms with Crippen molar-refractivity contribution in [1.29, 1.82) is 0 Å². The molecule has 0 aromatic rings. The van der Waals surface area contributed by atoms with E-state index in [0.29, 0.717) is 12.7 Å². The molecule has 66 valence electrons. The van der Waals surface area contributed by atoms with Crippen molar-refractivity contribution in [3.8, 4) is 0 Å². The largest absolute Gasteiger partial charge is 0.325 e. The Balaban J connectivity index is 3.09. The van der Waals surface area contributed by atoms with Gasteiger partial charge in [-0.3, -0.25) is 10.1 Å². The highest BCUT2D eigenvalue weighted by atomic mass is 16.2. The average Bonchev–Trinajstić information content (AvgIpc) is 2.26. The maximum absolute atomic E-state index is 11.2. The molecule has 0 saturated carbocycles. The Kier molecular flexibility index (Phi) is 1.87. The van der Waals surface area contributed by atoms with Crippen LogP contribution in [0.3, 0.4) is 0 Å². The molecule has 1 saturated heterocycles. The number of amides is 3. The van der Waals surface area contributed by atoms with Crippen molar-refractivity contribution in [1.82, 2.24) is 10.2 Å². The Bertz CT molecular complexity index is 251. The summed E-state index contributed by atoms with van der Waals surface area (Å²) in [5.41, 5.74) is -1.28. The lowest BCUT2D eigenvalue weighted by atomic mass is 9.97. The highest BCUT2D eigenvalue weighted by molar-refractivity contribution is 6.15. The number of nitrogens with one attached hydrogen (secondary N) is 1. The first-order valence-electron chi connectivity index (χ1n) is 3.64. The van der Waals surface area contributed by atoms with Gasteiger partial charge in [-0.15, -0.1) is 0 Å². The van der Waals surface area contributed by atoms with E-state index in [1.165, 1.54) is 7.05 Å². The minimum atomic E-state index is -1.28. The third-order valence-electron chi connectivity index (χ3n) is 2.25. The van der Waals surface area contributed by atoms with Gasteiger partial charge < -0.3 is 9.69 Å². The molecule has 0 bridgehead atoms. The maximum Gasteiger partial charge on any atom is 0.325 e. The van der Waals surface area contributed by atoms with Gasteiger partial charge in [-0.2, -0.15) is 0 Å². The number of carbonyl (C=O) groups excluding carboxylic acids is 3. The predicted molar refractivity (Wildman–Crippen MR) is 40.4 cm³/mol. The first-order chi connectivity index (χ1) is 5.58. The number of imide groups is 1. The van der Waals surface area contributed by atoms with Crippen molar-refractivity contribution in [2.45, 2.75) is 18.9 Å². The molecule has 3 amide bonds. The molecule has 1 aliphatic rings. The van der Waals surface area contributed by atoms with Gasteiger partial charge in [0.2, 0.25) is 0 Å². The number of hydrogen-bond donors (Lipinski definition) is 1. The van der Waals surface area contributed by atoms with Crippen LogP contribution in [0.2, 0.25) is 0 Å². The van der Waals surface area contributed by atoms with Crippen LogP contribution in [-0.4, -0.2) is 35.7 Å². The van der Waals surface area contributed by atoms with Crippen molar-refractivity contribution < 1.29 is 14.4 Å². The molecule has 0 spiro atoms. The number of likely N-dealkylation sites (N-methyl/N-ethyl adjacent to an activating group) is 1. The van der Waals surface area contributed by atoms with Crippen LogP contribution in [0, 0.1) is 0 Å². The summed E-state index contributed by atoms with van der Waals surface area (Å²) in [6.07, 6.45) is 0.803. The van der Waals surface area contributed by atoms with Gasteiger partial charge >= 0.3 is 6.03 Å². The second-order valence-corrected chi connectivity index (χ2v) is 2.71. The van der Waals surface area contributed by atoms with Crippen molar-refractivity contribution in [3.05, 3.63) is 0 Å². The Morgan fingerprint density at radius 2 is 2.17 bits per heavy atom. The fourth-order valence-corrected chi connectivity index (χ4v) is 1.24. The third-order valence-corrected chi connectivity index (χ3v) is 2.25. The monoisotopic (exact) mass is 170 g/mol. The number of aldehydes is 1. The standard InChI is InChI=1S/C7H10N2O3/c1-3-7(4-10)5(11)8-6(12)9(7)2/h4H,3H2,1-2H3,(H,8,11,12)/t7-/m0/s1. The van der Waals surface area contributed by atoms with E-state index in [2.05, 4.69) is 5.32 Å². The van der Waals surface area contributed by atoms with Crippen molar-refractivity contribution in [2.24, 2.45) is 0 Å². The first kappa shape index (κ1) is 8.70. The van der Waals surface area contributed by atoms with Crippen molar-refractivity contribution in [2.75, 3.05) is 7.05 Å². The zero-order valence-corrected chi connectivity index (χ0v) is 6.96. The average molecular weight is 170 g/mol. The molecule has 1 fully saturated rings. The summed E-state index contributed by atoms with van der Waals surface area (Å²) in [6, 6.07) is -0.519. The van der Waals surface area contributed by atoms with E-state index in [0.717, 1.165) is 4.90 Å². The van der Waals surface area contributed by atoms with Gasteiger partial charge in [-0.1, -0.05) is 6.92 Å². The minimum absolute atomic E-state index is 0.296. The number of urea groups is 1. The molecule has 0 aliphatic carbocycles. The summed E-state index contributed by atoms with van der Waals surface area (Å²) in [4.78, 5) is 33.9. The smallest absolute Gasteiger partial charge is 0.306 e. The van der Waals surface area contributed by atoms with Gasteiger partial charge in [0.15, 0.2) is 11.8 Å². The van der Waals surface area contributed by atoms with E-state index in [1.807, 2.05) is 0 Å². The van der Waals surface area contributed by atoms with Gasteiger partial charge in [0.05, 0.1) is 0 Å². The second-order valence-electron chi connectivity index (χ2n) is 2.71. The van der Waals surface area contributed by atoms with Crippen LogP contribution in [0.15, 0.2) is 0 Å². The molecule has 0 aromatic heterocycles. The molecule has 1 atom stereocenters. The number of nitrogens with zero attached hydrogens (tertiary/aromatic N) is 1. The fourth-order valence-electron chi connectivity index (χ4n) is 1.24. The van der Waals surface area contributed by atoms with E-state index in [1.54, 1.807) is 6.92 Å². The molecular formula is C7H10N2O3. The van der Waals surface area contributed by atoms with Gasteiger partial charge in [0, 0.05) is 7.05 Å². The summed E-state index contributed by atoms with van der Waals surface area (Å²) in [6.45, 7) is 1.68. The molecule has 0 radical (unpaired) electrons. The van der Waals surface area contributed by atoms with Crippen molar-refractivity contribution >= 4 is 18.2 Å². The normalized spacial score (nSPS) is 29.0. The summed E-state index contributed by atoms with van der Waals surface area (Å²) in [5.74, 6) is -0.535. The molecule has 1 rings (SSSR count). The summed E-state index contributed by atoms with van der Waals surface area (Å²) >= 11 is 0. The lowest BCUT2D eigenvalue weighted by Crippen LogP contribution is -2.48. The first-order valence-corrected chi connectivity index (χ1v) is 3.64. The molecule has 12 heavy (non-hydrogen) atoms. The van der Waals surface area contributed by atoms with E-state index in [9.17, 15) is 14.4 Å². The third kappa shape index (κ3) is 0.823. The van der Waals surface area contributed by atoms with Crippen molar-refractivity contribution in [3.63, 3.8) is 0 Å². The predicted octanol–water partition coefficient (Wildman–Crippen LogP) is -0.484. The number of hydrogen-bond acceptors (Lipinski definition) is 3. The quantitative estimate of drug-likeness (QED) is 0.345. The lowest BCUT2D eigenvalue weighted by Gasteiger charge is -2.24. The highest BCUT2D eigenvalue weighted by Gasteiger charge is 2.49. The summed E-state index contributed by atoms with van der Waals surface area (Å²) < 4.78 is 0. The molecule has 1 heterocycles. The molecule has 1 N–H and O–H groups in total. The van der Waals surface area contributed by atoms with Gasteiger partial charge in [0.1, 0.15) is 0 Å². The molecule has 5 nitrogen and oxygen atoms in total. The minimum Gasteiger partial charge on any atom is -0.306 e. The Labute approximate surface area is 69.7 Å². The van der Waals surface area contributed by atoms with Crippen LogP contribution in [-0.2, 0) is 9.59 Å². The Morgan fingerprint density at radius 1 is 1.58 bits per heavy atom. The second kappa shape index (κ2) is 2.58. The number of rotatable bonds is 2. The zero-order chi connectivity index (χ0) is 9.35. The zero-order valence-electron chi connectivity index (χ0n) is 6.96. The molecule has 5 heteroatoms. The molecule has 1 aliphatic heterocycles. The van der Waals surface area contributed by atoms with E-state index < -0.39 is 17.5 Å². The fraction of sp³-hybridized carbons (Fsp3) is 0.571. The van der Waals surface area contributed by atoms with E-state index in [4.69, 9.17) is 0 Å². The maximum atomic E-state index is 11.2. The summed E-state index contributed by atoms with van der Waals surface area (Å²) in [5, 5.41) is 2.08. The van der Waals surface area contributed by atoms with Crippen LogP contribution < -0.4 is 5.32 Å². The SMILES string of the molecule is CC[C@]1(C=O)C(=O)NC(=O)N1C. The van der Waals surface area contributed by atoms with Crippen LogP contribution in [0.1, 0.15) is 13.3 Å². The van der Waals surface area contributed by atoms with E-state index >= 15 is 0 Å². The lowest BCUT2D eigenvalue weighted by molar-refractivity contribution is -0.132. The van der Waals surface area contributed by atoms with Crippen LogP contribution in [0.4, 0.5) is 4.79 Å². The molecule has 0 aromatic carbocycles. The van der Waals surface area contributed by atoms with E-state index in [-0.39, 0.29) is 0 Å². The summed E-state index contributed by atoms with van der Waals surface area (Å²) in [7, 11) is 1.43. The highest BCUT2D eigenvalue weighted by Crippen LogP contribution is 2.20. The molecular weight excluding hydrogens is 160 g/mol.